The number of fused-ring (bicyclic) bond motifs is 1. The molecule has 0 saturated carbocycles. The average Bonchev–Trinajstić information content (AvgIpc) is 2.81. The number of ether oxygens (including phenoxy) is 2. The van der Waals surface area contributed by atoms with Gasteiger partial charge in [0.25, 0.3) is 0 Å². The van der Waals surface area contributed by atoms with Gasteiger partial charge in [0.15, 0.2) is 5.82 Å². The van der Waals surface area contributed by atoms with E-state index in [9.17, 15) is 9.90 Å². The minimum atomic E-state index is -1.32. The molecule has 1 heterocycles. The van der Waals surface area contributed by atoms with Crippen LogP contribution in [0.1, 0.15) is 0 Å². The van der Waals surface area contributed by atoms with Gasteiger partial charge in [-0.3, -0.25) is 0 Å². The SMILES string of the molecule is O=C([O-])COc1cc(-c2ccccc2)nc(-c2ccc3cc(OCCCl)ccc3c2)n1.[Na+]. The molecule has 1 aromatic heterocycles. The van der Waals surface area contributed by atoms with Gasteiger partial charge in [-0.05, 0) is 29.0 Å². The number of benzene rings is 3. The summed E-state index contributed by atoms with van der Waals surface area (Å²) in [5.74, 6) is 0.451. The summed E-state index contributed by atoms with van der Waals surface area (Å²) in [6.45, 7) is -0.145. The molecule has 4 aromatic rings. The van der Waals surface area contributed by atoms with Gasteiger partial charge in [0.1, 0.15) is 19.0 Å². The summed E-state index contributed by atoms with van der Waals surface area (Å²) in [4.78, 5) is 19.9. The van der Waals surface area contributed by atoms with E-state index in [0.717, 1.165) is 27.6 Å². The first kappa shape index (κ1) is 24.0. The van der Waals surface area contributed by atoms with Gasteiger partial charge in [-0.1, -0.05) is 48.5 Å². The molecule has 0 N–H and O–H groups in total. The van der Waals surface area contributed by atoms with E-state index >= 15 is 0 Å². The molecule has 0 aliphatic carbocycles. The van der Waals surface area contributed by atoms with Crippen LogP contribution in [0.15, 0.2) is 72.8 Å². The molecule has 0 fully saturated rings. The molecule has 0 spiro atoms. The molecule has 8 heteroatoms. The first-order valence-electron chi connectivity index (χ1n) is 9.62. The zero-order valence-corrected chi connectivity index (χ0v) is 20.2. The molecule has 0 aliphatic rings. The Balaban J connectivity index is 0.00000289. The van der Waals surface area contributed by atoms with E-state index in [-0.39, 0.29) is 35.4 Å². The van der Waals surface area contributed by atoms with Crippen molar-refractivity contribution in [2.45, 2.75) is 0 Å². The Morgan fingerprint density at radius 2 is 1.62 bits per heavy atom. The van der Waals surface area contributed by atoms with Crippen molar-refractivity contribution >= 4 is 28.3 Å². The van der Waals surface area contributed by atoms with Crippen LogP contribution >= 0.6 is 11.6 Å². The van der Waals surface area contributed by atoms with E-state index in [1.165, 1.54) is 0 Å². The Bertz CT molecular complexity index is 1220. The Morgan fingerprint density at radius 1 is 0.875 bits per heavy atom. The molecule has 0 bridgehead atoms. The van der Waals surface area contributed by atoms with Crippen molar-refractivity contribution < 1.29 is 48.9 Å². The molecule has 0 radical (unpaired) electrons. The van der Waals surface area contributed by atoms with Crippen molar-refractivity contribution in [1.82, 2.24) is 9.97 Å². The van der Waals surface area contributed by atoms with Gasteiger partial charge in [0.2, 0.25) is 5.88 Å². The van der Waals surface area contributed by atoms with Gasteiger partial charge < -0.3 is 19.4 Å². The first-order chi connectivity index (χ1) is 15.1. The normalized spacial score (nSPS) is 10.4. The molecule has 6 nitrogen and oxygen atoms in total. The third-order valence-electron chi connectivity index (χ3n) is 4.53. The number of aromatic nitrogens is 2. The maximum Gasteiger partial charge on any atom is 1.00 e. The van der Waals surface area contributed by atoms with Gasteiger partial charge >= 0.3 is 29.6 Å². The van der Waals surface area contributed by atoms with Crippen molar-refractivity contribution in [1.29, 1.82) is 0 Å². The topological polar surface area (TPSA) is 84.4 Å². The molecule has 3 aromatic carbocycles. The van der Waals surface area contributed by atoms with E-state index < -0.39 is 12.6 Å². The van der Waals surface area contributed by atoms with Gasteiger partial charge in [0, 0.05) is 17.2 Å². The largest absolute Gasteiger partial charge is 1.00 e. The fourth-order valence-corrected chi connectivity index (χ4v) is 3.20. The van der Waals surface area contributed by atoms with Crippen molar-refractivity contribution in [3.05, 3.63) is 72.8 Å². The van der Waals surface area contributed by atoms with Gasteiger partial charge in [-0.25, -0.2) is 4.98 Å². The molecular formula is C24H18ClN2NaO4. The van der Waals surface area contributed by atoms with Crippen LogP contribution in [-0.4, -0.2) is 35.0 Å². The van der Waals surface area contributed by atoms with Crippen LogP contribution in [0.5, 0.6) is 11.6 Å². The summed E-state index contributed by atoms with van der Waals surface area (Å²) in [5, 5.41) is 12.8. The van der Waals surface area contributed by atoms with Gasteiger partial charge in [0.05, 0.1) is 17.5 Å². The van der Waals surface area contributed by atoms with E-state index in [0.29, 0.717) is 24.0 Å². The Kier molecular flexibility index (Phi) is 8.47. The zero-order chi connectivity index (χ0) is 21.6. The number of carbonyl (C=O) groups excluding carboxylic acids is 1. The summed E-state index contributed by atoms with van der Waals surface area (Å²) in [5.41, 5.74) is 2.27. The van der Waals surface area contributed by atoms with Crippen molar-refractivity contribution in [3.63, 3.8) is 0 Å². The number of nitrogens with zero attached hydrogens (tertiary/aromatic N) is 2. The smallest absolute Gasteiger partial charge is 0.546 e. The molecule has 0 unspecified atom stereocenters. The second-order valence-corrected chi connectivity index (χ2v) is 7.08. The number of hydrogen-bond acceptors (Lipinski definition) is 6. The quantitative estimate of drug-likeness (QED) is 0.287. The Labute approximate surface area is 212 Å². The van der Waals surface area contributed by atoms with E-state index in [2.05, 4.69) is 9.97 Å². The summed E-state index contributed by atoms with van der Waals surface area (Å²) in [6.07, 6.45) is 0. The zero-order valence-electron chi connectivity index (χ0n) is 17.5. The number of carboxylic acid groups (broad SMARTS) is 1. The summed E-state index contributed by atoms with van der Waals surface area (Å²) in [6, 6.07) is 22.8. The van der Waals surface area contributed by atoms with Crippen molar-refractivity contribution in [2.24, 2.45) is 0 Å². The summed E-state index contributed by atoms with van der Waals surface area (Å²) >= 11 is 5.68. The van der Waals surface area contributed by atoms with Crippen molar-refractivity contribution in [2.75, 3.05) is 19.1 Å². The van der Waals surface area contributed by atoms with Crippen LogP contribution in [0.25, 0.3) is 33.4 Å². The maximum atomic E-state index is 10.8. The number of carbonyl (C=O) groups is 1. The van der Waals surface area contributed by atoms with Crippen LogP contribution in [-0.2, 0) is 4.79 Å². The maximum absolute atomic E-state index is 10.8. The van der Waals surface area contributed by atoms with E-state index in [1.54, 1.807) is 6.07 Å². The third-order valence-corrected chi connectivity index (χ3v) is 4.68. The molecule has 0 aliphatic heterocycles. The Hall–Kier alpha value is -2.64. The van der Waals surface area contributed by atoms with Crippen molar-refractivity contribution in [3.8, 4) is 34.3 Å². The summed E-state index contributed by atoms with van der Waals surface area (Å²) in [7, 11) is 0. The molecule has 4 rings (SSSR count). The van der Waals surface area contributed by atoms with Gasteiger partial charge in [-0.2, -0.15) is 4.98 Å². The monoisotopic (exact) mass is 456 g/mol. The number of rotatable bonds is 8. The van der Waals surface area contributed by atoms with Crippen LogP contribution in [0, 0.1) is 0 Å². The Morgan fingerprint density at radius 3 is 2.38 bits per heavy atom. The fourth-order valence-electron chi connectivity index (χ4n) is 3.13. The molecule has 0 atom stereocenters. The van der Waals surface area contributed by atoms with Gasteiger partial charge in [-0.15, -0.1) is 11.6 Å². The van der Waals surface area contributed by atoms with Crippen LogP contribution in [0.2, 0.25) is 0 Å². The van der Waals surface area contributed by atoms with Crippen LogP contribution < -0.4 is 44.1 Å². The standard InChI is InChI=1S/C24H19ClN2O4.Na/c25-10-11-30-20-9-8-17-12-19(7-6-18(17)13-20)24-26-21(16-4-2-1-3-5-16)14-22(27-24)31-15-23(28)29;/h1-9,12-14H,10-11,15H2,(H,28,29);/q;+1/p-1. The molecule has 32 heavy (non-hydrogen) atoms. The minimum Gasteiger partial charge on any atom is -0.546 e. The number of aliphatic carboxylic acids is 1. The first-order valence-corrected chi connectivity index (χ1v) is 10.2. The predicted octanol–water partition coefficient (Wildman–Crippen LogP) is 0.714. The third kappa shape index (κ3) is 5.99. The predicted molar refractivity (Wildman–Crippen MR) is 117 cm³/mol. The minimum absolute atomic E-state index is 0. The van der Waals surface area contributed by atoms with E-state index in [4.69, 9.17) is 21.1 Å². The van der Waals surface area contributed by atoms with Crippen LogP contribution in [0.3, 0.4) is 0 Å². The molecule has 0 saturated heterocycles. The summed E-state index contributed by atoms with van der Waals surface area (Å²) < 4.78 is 10.9. The number of carboxylic acids is 1. The van der Waals surface area contributed by atoms with Crippen LogP contribution in [0.4, 0.5) is 0 Å². The molecule has 156 valence electrons. The molecular weight excluding hydrogens is 439 g/mol. The fraction of sp³-hybridized carbons (Fsp3) is 0.125. The number of halogens is 1. The van der Waals surface area contributed by atoms with E-state index in [1.807, 2.05) is 66.7 Å². The average molecular weight is 457 g/mol. The number of alkyl halides is 1. The second-order valence-electron chi connectivity index (χ2n) is 6.70. The second kappa shape index (κ2) is 11.3. The molecule has 0 amide bonds. The number of hydrogen-bond donors (Lipinski definition) is 0.